The molecule has 0 aromatic rings. The molecule has 3 aliphatic carbocycles. The highest BCUT2D eigenvalue weighted by Crippen LogP contribution is 2.68. The van der Waals surface area contributed by atoms with Crippen molar-refractivity contribution in [3.05, 3.63) is 11.6 Å². The Balaban J connectivity index is 1.71. The summed E-state index contributed by atoms with van der Waals surface area (Å²) in [6.45, 7) is 11.9. The summed E-state index contributed by atoms with van der Waals surface area (Å²) in [5, 5.41) is 0. The second-order valence-electron chi connectivity index (χ2n) is 10.9. The Morgan fingerprint density at radius 2 is 1.75 bits per heavy atom. The van der Waals surface area contributed by atoms with E-state index in [-0.39, 0.29) is 22.4 Å². The quantitative estimate of drug-likeness (QED) is 0.570. The highest BCUT2D eigenvalue weighted by molar-refractivity contribution is 5.91. The molecule has 1 heterocycles. The van der Waals surface area contributed by atoms with E-state index >= 15 is 0 Å². The maximum atomic E-state index is 12.1. The van der Waals surface area contributed by atoms with E-state index in [9.17, 15) is 9.59 Å². The van der Waals surface area contributed by atoms with Gasteiger partial charge in [0, 0.05) is 18.3 Å². The Labute approximate surface area is 170 Å². The predicted molar refractivity (Wildman–Crippen MR) is 111 cm³/mol. The molecule has 0 amide bonds. The summed E-state index contributed by atoms with van der Waals surface area (Å²) in [6.07, 6.45) is 10.7. The summed E-state index contributed by atoms with van der Waals surface area (Å²) >= 11 is 0. The number of carbonyl (C=O) groups is 2. The molecular formula is C25H38O3. The van der Waals surface area contributed by atoms with E-state index in [0.717, 1.165) is 32.1 Å². The number of ketones is 1. The Bertz CT molecular complexity index is 707. The van der Waals surface area contributed by atoms with E-state index in [2.05, 4.69) is 34.6 Å². The number of rotatable bonds is 3. The van der Waals surface area contributed by atoms with Crippen LogP contribution in [0, 0.1) is 34.5 Å². The lowest BCUT2D eigenvalue weighted by Crippen LogP contribution is -2.54. The number of hydrogen-bond acceptors (Lipinski definition) is 3. The molecular weight excluding hydrogens is 348 g/mol. The highest BCUT2D eigenvalue weighted by atomic mass is 16.6. The zero-order chi connectivity index (χ0) is 20.3. The number of allylic oxidation sites excluding steroid dienone is 2. The molecule has 0 N–H and O–H groups in total. The Morgan fingerprint density at radius 3 is 2.36 bits per heavy atom. The zero-order valence-electron chi connectivity index (χ0n) is 18.5. The SMILES string of the molecule is CCC1=CC(=O)CC[C@]1(C)[C@H]1CC[C@@]2(C)[C@@H](CC[C@@]23CCC(=O)O3)[C@@H]1C(C)C. The fraction of sp³-hybridized carbons (Fsp3) is 0.840. The van der Waals surface area contributed by atoms with E-state index in [1.807, 2.05) is 6.08 Å². The van der Waals surface area contributed by atoms with Gasteiger partial charge in [-0.1, -0.05) is 40.2 Å². The van der Waals surface area contributed by atoms with Gasteiger partial charge in [-0.15, -0.1) is 0 Å². The van der Waals surface area contributed by atoms with Gasteiger partial charge in [-0.3, -0.25) is 9.59 Å². The molecule has 2 saturated carbocycles. The van der Waals surface area contributed by atoms with Crippen LogP contribution in [0.5, 0.6) is 0 Å². The number of fused-ring (bicyclic) bond motifs is 2. The van der Waals surface area contributed by atoms with Gasteiger partial charge in [-0.25, -0.2) is 0 Å². The van der Waals surface area contributed by atoms with Crippen molar-refractivity contribution in [1.82, 2.24) is 0 Å². The van der Waals surface area contributed by atoms with Gasteiger partial charge >= 0.3 is 5.97 Å². The van der Waals surface area contributed by atoms with E-state index in [1.165, 1.54) is 18.4 Å². The Kier molecular flexibility index (Phi) is 4.83. The summed E-state index contributed by atoms with van der Waals surface area (Å²) in [6, 6.07) is 0. The van der Waals surface area contributed by atoms with Crippen LogP contribution in [-0.4, -0.2) is 17.4 Å². The fourth-order valence-corrected chi connectivity index (χ4v) is 8.07. The van der Waals surface area contributed by atoms with Crippen molar-refractivity contribution in [1.29, 1.82) is 0 Å². The molecule has 0 bridgehead atoms. The first-order valence-electron chi connectivity index (χ1n) is 11.6. The maximum absolute atomic E-state index is 12.1. The van der Waals surface area contributed by atoms with Gasteiger partial charge in [0.25, 0.3) is 0 Å². The molecule has 3 nitrogen and oxygen atoms in total. The average molecular weight is 387 g/mol. The van der Waals surface area contributed by atoms with Crippen LogP contribution in [0.15, 0.2) is 11.6 Å². The van der Waals surface area contributed by atoms with Gasteiger partial charge in [0.1, 0.15) is 5.60 Å². The van der Waals surface area contributed by atoms with E-state index in [1.54, 1.807) is 0 Å². The van der Waals surface area contributed by atoms with Crippen LogP contribution in [0.25, 0.3) is 0 Å². The molecule has 0 aromatic carbocycles. The molecule has 3 fully saturated rings. The first-order chi connectivity index (χ1) is 13.2. The van der Waals surface area contributed by atoms with Crippen molar-refractivity contribution in [3.8, 4) is 0 Å². The lowest BCUT2D eigenvalue weighted by molar-refractivity contribution is -0.168. The van der Waals surface area contributed by atoms with Crippen molar-refractivity contribution >= 4 is 11.8 Å². The molecule has 0 unspecified atom stereocenters. The van der Waals surface area contributed by atoms with Crippen molar-refractivity contribution in [2.75, 3.05) is 0 Å². The van der Waals surface area contributed by atoms with Crippen LogP contribution >= 0.6 is 0 Å². The van der Waals surface area contributed by atoms with Gasteiger partial charge in [0.2, 0.25) is 0 Å². The molecule has 156 valence electrons. The molecule has 6 atom stereocenters. The van der Waals surface area contributed by atoms with E-state index in [0.29, 0.717) is 42.3 Å². The topological polar surface area (TPSA) is 43.4 Å². The smallest absolute Gasteiger partial charge is 0.306 e. The first kappa shape index (κ1) is 20.2. The largest absolute Gasteiger partial charge is 0.458 e. The van der Waals surface area contributed by atoms with Gasteiger partial charge in [0.05, 0.1) is 0 Å². The minimum atomic E-state index is -0.209. The van der Waals surface area contributed by atoms with E-state index in [4.69, 9.17) is 4.74 Å². The van der Waals surface area contributed by atoms with Crippen molar-refractivity contribution in [2.24, 2.45) is 34.5 Å². The minimum Gasteiger partial charge on any atom is -0.458 e. The Morgan fingerprint density at radius 1 is 1.04 bits per heavy atom. The summed E-state index contributed by atoms with van der Waals surface area (Å²) in [4.78, 5) is 24.2. The lowest BCUT2D eigenvalue weighted by atomic mass is 9.48. The van der Waals surface area contributed by atoms with Crippen molar-refractivity contribution < 1.29 is 14.3 Å². The predicted octanol–water partition coefficient (Wildman–Crippen LogP) is 5.87. The molecule has 28 heavy (non-hydrogen) atoms. The minimum absolute atomic E-state index is 0.0130. The molecule has 4 aliphatic rings. The molecule has 1 saturated heterocycles. The Hall–Kier alpha value is -1.12. The fourth-order valence-electron chi connectivity index (χ4n) is 8.07. The van der Waals surface area contributed by atoms with Crippen molar-refractivity contribution in [2.45, 2.75) is 98.0 Å². The number of carbonyl (C=O) groups excluding carboxylic acids is 2. The molecule has 3 heteroatoms. The molecule has 1 spiro atoms. The average Bonchev–Trinajstić information content (AvgIpc) is 3.17. The second-order valence-corrected chi connectivity index (χ2v) is 10.9. The highest BCUT2D eigenvalue weighted by Gasteiger charge is 2.66. The summed E-state index contributed by atoms with van der Waals surface area (Å²) in [7, 11) is 0. The van der Waals surface area contributed by atoms with Crippen LogP contribution in [0.2, 0.25) is 0 Å². The monoisotopic (exact) mass is 386 g/mol. The van der Waals surface area contributed by atoms with Gasteiger partial charge in [-0.2, -0.15) is 0 Å². The van der Waals surface area contributed by atoms with Gasteiger partial charge in [-0.05, 0) is 80.1 Å². The summed E-state index contributed by atoms with van der Waals surface area (Å²) in [5.41, 5.74) is 1.42. The zero-order valence-corrected chi connectivity index (χ0v) is 18.5. The van der Waals surface area contributed by atoms with Crippen molar-refractivity contribution in [3.63, 3.8) is 0 Å². The third kappa shape index (κ3) is 2.67. The first-order valence-corrected chi connectivity index (χ1v) is 11.6. The van der Waals surface area contributed by atoms with Gasteiger partial charge in [0.15, 0.2) is 5.78 Å². The second kappa shape index (κ2) is 6.71. The van der Waals surface area contributed by atoms with Crippen LogP contribution in [0.3, 0.4) is 0 Å². The summed E-state index contributed by atoms with van der Waals surface area (Å²) < 4.78 is 6.08. The molecule has 0 radical (unpaired) electrons. The van der Waals surface area contributed by atoms with E-state index < -0.39 is 0 Å². The van der Waals surface area contributed by atoms with Crippen LogP contribution in [0.1, 0.15) is 92.4 Å². The number of esters is 1. The molecule has 1 aliphatic heterocycles. The van der Waals surface area contributed by atoms with Crippen LogP contribution in [0.4, 0.5) is 0 Å². The van der Waals surface area contributed by atoms with Crippen LogP contribution in [-0.2, 0) is 14.3 Å². The maximum Gasteiger partial charge on any atom is 0.306 e. The molecule has 4 rings (SSSR count). The van der Waals surface area contributed by atoms with Crippen LogP contribution < -0.4 is 0 Å². The summed E-state index contributed by atoms with van der Waals surface area (Å²) in [5.74, 6) is 2.80. The third-order valence-electron chi connectivity index (χ3n) is 9.59. The molecule has 0 aromatic heterocycles. The lowest BCUT2D eigenvalue weighted by Gasteiger charge is -2.57. The number of ether oxygens (including phenoxy) is 1. The third-order valence-corrected chi connectivity index (χ3v) is 9.59. The standard InChI is InChI=1S/C25H38O3/c1-6-17-15-18(26)7-11-23(17,4)19-8-12-24(5)20(22(19)16(2)3)9-13-25(24)14-10-21(27)28-25/h15-16,19-20,22H,6-14H2,1-5H3/t19-,20-,22+,23-,24-,25+/m0/s1. The number of hydrogen-bond donors (Lipinski definition) is 0. The normalized spacial score (nSPS) is 46.1. The van der Waals surface area contributed by atoms with Gasteiger partial charge < -0.3 is 4.74 Å².